The van der Waals surface area contributed by atoms with Crippen molar-refractivity contribution in [2.24, 2.45) is 0 Å². The van der Waals surface area contributed by atoms with Crippen molar-refractivity contribution in [2.45, 2.75) is 19.8 Å². The van der Waals surface area contributed by atoms with Crippen LogP contribution in [0.5, 0.6) is 0 Å². The lowest BCUT2D eigenvalue weighted by molar-refractivity contribution is 0.436. The molecule has 8 heavy (non-hydrogen) atoms. The number of alkyl halides is 1. The molecule has 0 aromatic carbocycles. The maximum Gasteiger partial charge on any atom is 0.0391 e. The Morgan fingerprint density at radius 1 is 1.62 bits per heavy atom. The Kier molecular flexibility index (Phi) is 6.25. The smallest absolute Gasteiger partial charge is 0.0391 e. The van der Waals surface area contributed by atoms with Gasteiger partial charge in [-0.3, -0.25) is 0 Å². The maximum atomic E-state index is 10.5. The summed E-state index contributed by atoms with van der Waals surface area (Å²) in [7, 11) is 0. The van der Waals surface area contributed by atoms with E-state index in [1.54, 1.807) is 0 Å². The van der Waals surface area contributed by atoms with E-state index < -0.39 is 0 Å². The van der Waals surface area contributed by atoms with Gasteiger partial charge in [-0.1, -0.05) is 35.9 Å². The van der Waals surface area contributed by atoms with Crippen molar-refractivity contribution in [3.63, 3.8) is 0 Å². The second-order valence-electron chi connectivity index (χ2n) is 1.68. The lowest BCUT2D eigenvalue weighted by Gasteiger charge is -2.24. The third kappa shape index (κ3) is 4.80. The largest absolute Gasteiger partial charge is 0.785 e. The SMILES string of the molecule is CCCCN([O-])CI. The fourth-order valence-electron chi connectivity index (χ4n) is 0.394. The van der Waals surface area contributed by atoms with Crippen molar-refractivity contribution in [2.75, 3.05) is 11.1 Å². The quantitative estimate of drug-likeness (QED) is 0.318. The Morgan fingerprint density at radius 3 is 2.62 bits per heavy atom. The number of hydrogen-bond acceptors (Lipinski definition) is 2. The van der Waals surface area contributed by atoms with Gasteiger partial charge in [-0.15, -0.1) is 0 Å². The number of halogens is 1. The molecule has 0 aromatic heterocycles. The molecule has 0 saturated carbocycles. The Balaban J connectivity index is 2.86. The first kappa shape index (κ1) is 8.65. The molecule has 3 heteroatoms. The van der Waals surface area contributed by atoms with E-state index in [2.05, 4.69) is 29.5 Å². The molecule has 0 N–H and O–H groups in total. The Bertz CT molecular complexity index is 51.7. The fourth-order valence-corrected chi connectivity index (χ4v) is 0.735. The normalized spacial score (nSPS) is 10.5. The molecule has 0 heterocycles. The van der Waals surface area contributed by atoms with Crippen LogP contribution in [-0.4, -0.2) is 16.2 Å². The van der Waals surface area contributed by atoms with E-state index in [0.29, 0.717) is 11.1 Å². The van der Waals surface area contributed by atoms with Gasteiger partial charge < -0.3 is 10.3 Å². The highest BCUT2D eigenvalue weighted by atomic mass is 127. The summed E-state index contributed by atoms with van der Waals surface area (Å²) >= 11 is 2.07. The van der Waals surface area contributed by atoms with E-state index in [9.17, 15) is 5.21 Å². The highest BCUT2D eigenvalue weighted by Crippen LogP contribution is 1.94. The highest BCUT2D eigenvalue weighted by Gasteiger charge is 1.84. The first-order valence-electron chi connectivity index (χ1n) is 2.79. The molecule has 50 valence electrons. The average molecular weight is 228 g/mol. The third-order valence-corrected chi connectivity index (χ3v) is 1.66. The molecule has 0 fully saturated rings. The minimum Gasteiger partial charge on any atom is -0.785 e. The van der Waals surface area contributed by atoms with Crippen LogP contribution in [0.15, 0.2) is 0 Å². The molecule has 0 aliphatic heterocycles. The van der Waals surface area contributed by atoms with Crippen LogP contribution in [0.3, 0.4) is 0 Å². The highest BCUT2D eigenvalue weighted by molar-refractivity contribution is 14.1. The van der Waals surface area contributed by atoms with Gasteiger partial charge in [0.25, 0.3) is 0 Å². The van der Waals surface area contributed by atoms with Crippen molar-refractivity contribution >= 4 is 22.6 Å². The zero-order valence-corrected chi connectivity index (χ0v) is 7.22. The number of unbranched alkanes of at least 4 members (excludes halogenated alkanes) is 1. The lowest BCUT2D eigenvalue weighted by atomic mass is 10.3. The van der Waals surface area contributed by atoms with Gasteiger partial charge in [0.05, 0.1) is 0 Å². The summed E-state index contributed by atoms with van der Waals surface area (Å²) in [4.78, 5) is 0. The zero-order chi connectivity index (χ0) is 6.41. The van der Waals surface area contributed by atoms with Gasteiger partial charge in [-0.05, 0) is 13.0 Å². The van der Waals surface area contributed by atoms with Crippen molar-refractivity contribution in [1.82, 2.24) is 5.06 Å². The molecule has 0 spiro atoms. The number of rotatable bonds is 4. The molecular formula is C5H11INO-. The predicted octanol–water partition coefficient (Wildman–Crippen LogP) is 1.98. The minimum atomic E-state index is 0.595. The summed E-state index contributed by atoms with van der Waals surface area (Å²) in [5.74, 6) is 0. The Hall–Kier alpha value is 0.650. The molecule has 0 bridgehead atoms. The lowest BCUT2D eigenvalue weighted by Crippen LogP contribution is -2.14. The molecule has 0 atom stereocenters. The molecule has 2 nitrogen and oxygen atoms in total. The number of nitrogens with zero attached hydrogens (tertiary/aromatic N) is 1. The Morgan fingerprint density at radius 2 is 2.25 bits per heavy atom. The predicted molar refractivity (Wildman–Crippen MR) is 43.9 cm³/mol. The molecule has 0 rings (SSSR count). The standard InChI is InChI=1S/C5H11INO/c1-2-3-4-7(8)5-6/h2-5H2,1H3/q-1. The fraction of sp³-hybridized carbons (Fsp3) is 1.00. The molecule has 0 aromatic rings. The van der Waals surface area contributed by atoms with Crippen molar-refractivity contribution < 1.29 is 0 Å². The van der Waals surface area contributed by atoms with Crippen LogP contribution in [0.1, 0.15) is 19.8 Å². The van der Waals surface area contributed by atoms with E-state index in [1.807, 2.05) is 0 Å². The van der Waals surface area contributed by atoms with Gasteiger partial charge >= 0.3 is 0 Å². The summed E-state index contributed by atoms with van der Waals surface area (Å²) in [5.41, 5.74) is 0. The molecular weight excluding hydrogens is 217 g/mol. The summed E-state index contributed by atoms with van der Waals surface area (Å²) < 4.78 is 0.595. The molecule has 0 radical (unpaired) electrons. The van der Waals surface area contributed by atoms with Crippen LogP contribution in [0.4, 0.5) is 0 Å². The van der Waals surface area contributed by atoms with E-state index in [4.69, 9.17) is 0 Å². The van der Waals surface area contributed by atoms with Gasteiger partial charge in [0, 0.05) is 4.55 Å². The first-order valence-corrected chi connectivity index (χ1v) is 4.31. The second kappa shape index (κ2) is 5.78. The van der Waals surface area contributed by atoms with E-state index in [1.165, 1.54) is 0 Å². The maximum absolute atomic E-state index is 10.5. The van der Waals surface area contributed by atoms with Crippen molar-refractivity contribution in [3.05, 3.63) is 5.21 Å². The number of hydroxylamine groups is 2. The summed E-state index contributed by atoms with van der Waals surface area (Å²) in [6.07, 6.45) is 2.13. The molecule has 0 unspecified atom stereocenters. The van der Waals surface area contributed by atoms with Crippen LogP contribution in [-0.2, 0) is 0 Å². The molecule has 0 aliphatic rings. The molecule has 0 amide bonds. The second-order valence-corrected chi connectivity index (χ2v) is 2.36. The van der Waals surface area contributed by atoms with Gasteiger partial charge in [-0.25, -0.2) is 0 Å². The average Bonchev–Trinajstić information content (AvgIpc) is 1.83. The monoisotopic (exact) mass is 228 g/mol. The first-order chi connectivity index (χ1) is 3.81. The summed E-state index contributed by atoms with van der Waals surface area (Å²) in [6.45, 7) is 2.78. The molecule has 0 aliphatic carbocycles. The van der Waals surface area contributed by atoms with E-state index in [0.717, 1.165) is 17.9 Å². The van der Waals surface area contributed by atoms with Gasteiger partial charge in [0.15, 0.2) is 0 Å². The van der Waals surface area contributed by atoms with E-state index in [-0.39, 0.29) is 0 Å². The zero-order valence-electron chi connectivity index (χ0n) is 5.06. The molecule has 0 saturated heterocycles. The summed E-state index contributed by atoms with van der Waals surface area (Å²) in [6, 6.07) is 0. The topological polar surface area (TPSA) is 26.3 Å². The third-order valence-electron chi connectivity index (χ3n) is 0.894. The van der Waals surface area contributed by atoms with Crippen molar-refractivity contribution in [1.29, 1.82) is 0 Å². The van der Waals surface area contributed by atoms with Gasteiger partial charge in [-0.2, -0.15) is 0 Å². The van der Waals surface area contributed by atoms with Crippen LogP contribution >= 0.6 is 22.6 Å². The summed E-state index contributed by atoms with van der Waals surface area (Å²) in [5, 5.41) is 11.6. The van der Waals surface area contributed by atoms with Crippen LogP contribution in [0.2, 0.25) is 0 Å². The number of hydrogen-bond donors (Lipinski definition) is 0. The Labute approximate surface area is 64.0 Å². The van der Waals surface area contributed by atoms with Crippen molar-refractivity contribution in [3.8, 4) is 0 Å². The van der Waals surface area contributed by atoms with Crippen LogP contribution in [0.25, 0.3) is 0 Å². The van der Waals surface area contributed by atoms with Gasteiger partial charge in [0.1, 0.15) is 0 Å². The van der Waals surface area contributed by atoms with Gasteiger partial charge in [0.2, 0.25) is 0 Å². The van der Waals surface area contributed by atoms with E-state index >= 15 is 0 Å². The minimum absolute atomic E-state index is 0.595. The van der Waals surface area contributed by atoms with Crippen LogP contribution in [0, 0.1) is 5.21 Å². The van der Waals surface area contributed by atoms with Crippen LogP contribution < -0.4 is 0 Å².